The number of rotatable bonds is 5. The fourth-order valence-corrected chi connectivity index (χ4v) is 2.29. The first kappa shape index (κ1) is 13.8. The summed E-state index contributed by atoms with van der Waals surface area (Å²) in [4.78, 5) is 6.55. The van der Waals surface area contributed by atoms with Crippen molar-refractivity contribution in [2.24, 2.45) is 0 Å². The lowest BCUT2D eigenvalue weighted by atomic mass is 10.1. The van der Waals surface area contributed by atoms with Crippen LogP contribution in [0.1, 0.15) is 19.5 Å². The Bertz CT molecular complexity index is 555. The highest BCUT2D eigenvalue weighted by atomic mass is 16.3. The lowest BCUT2D eigenvalue weighted by Gasteiger charge is -2.29. The van der Waals surface area contributed by atoms with Gasteiger partial charge in [0.15, 0.2) is 0 Å². The van der Waals surface area contributed by atoms with Gasteiger partial charge in [-0.05, 0) is 26.0 Å². The van der Waals surface area contributed by atoms with Crippen molar-refractivity contribution < 1.29 is 10.2 Å². The van der Waals surface area contributed by atoms with Gasteiger partial charge in [-0.1, -0.05) is 18.2 Å². The molecule has 0 fully saturated rings. The average molecular weight is 260 g/mol. The zero-order valence-corrected chi connectivity index (χ0v) is 11.4. The van der Waals surface area contributed by atoms with E-state index in [0.717, 1.165) is 16.6 Å². The fourth-order valence-electron chi connectivity index (χ4n) is 2.29. The third-order valence-corrected chi connectivity index (χ3v) is 3.18. The Morgan fingerprint density at radius 2 is 1.95 bits per heavy atom. The minimum absolute atomic E-state index is 0.0805. The molecule has 0 atom stereocenters. The second-order valence-corrected chi connectivity index (χ2v) is 4.82. The normalized spacial score (nSPS) is 11.2. The van der Waals surface area contributed by atoms with Crippen molar-refractivity contribution in [1.82, 2.24) is 4.98 Å². The Hall–Kier alpha value is -1.65. The molecule has 0 aliphatic rings. The van der Waals surface area contributed by atoms with E-state index in [9.17, 15) is 10.2 Å². The molecule has 0 aliphatic carbocycles. The second-order valence-electron chi connectivity index (χ2n) is 4.82. The van der Waals surface area contributed by atoms with Gasteiger partial charge in [-0.2, -0.15) is 0 Å². The zero-order chi connectivity index (χ0) is 13.8. The Morgan fingerprint density at radius 3 is 2.58 bits per heavy atom. The SMILES string of the molecule is CC(C)N(CCO)c1cc(CO)nc2ccccc12. The molecule has 19 heavy (non-hydrogen) atoms. The molecule has 0 aliphatic heterocycles. The Kier molecular flexibility index (Phi) is 4.35. The van der Waals surface area contributed by atoms with Crippen molar-refractivity contribution in [2.45, 2.75) is 26.5 Å². The smallest absolute Gasteiger partial charge is 0.0854 e. The largest absolute Gasteiger partial charge is 0.395 e. The number of aliphatic hydroxyl groups is 2. The first-order chi connectivity index (χ1) is 9.17. The second kappa shape index (κ2) is 5.99. The summed E-state index contributed by atoms with van der Waals surface area (Å²) in [6.07, 6.45) is 0. The molecule has 2 rings (SSSR count). The van der Waals surface area contributed by atoms with Crippen LogP contribution in [0.2, 0.25) is 0 Å². The van der Waals surface area contributed by atoms with Gasteiger partial charge < -0.3 is 15.1 Å². The summed E-state index contributed by atoms with van der Waals surface area (Å²) in [5.74, 6) is 0. The number of aromatic nitrogens is 1. The van der Waals surface area contributed by atoms with Gasteiger partial charge >= 0.3 is 0 Å². The third kappa shape index (κ3) is 2.85. The van der Waals surface area contributed by atoms with E-state index in [1.807, 2.05) is 30.3 Å². The molecule has 0 amide bonds. The van der Waals surface area contributed by atoms with Gasteiger partial charge in [0.2, 0.25) is 0 Å². The summed E-state index contributed by atoms with van der Waals surface area (Å²) < 4.78 is 0. The fraction of sp³-hybridized carbons (Fsp3) is 0.400. The van der Waals surface area contributed by atoms with Crippen LogP contribution in [0.15, 0.2) is 30.3 Å². The molecule has 2 N–H and O–H groups in total. The van der Waals surface area contributed by atoms with Crippen molar-refractivity contribution in [3.05, 3.63) is 36.0 Å². The van der Waals surface area contributed by atoms with Crippen molar-refractivity contribution in [1.29, 1.82) is 0 Å². The number of pyridine rings is 1. The summed E-state index contributed by atoms with van der Waals surface area (Å²) in [6, 6.07) is 10.0. The van der Waals surface area contributed by atoms with Crippen LogP contribution in [-0.2, 0) is 6.61 Å². The number of aliphatic hydroxyl groups excluding tert-OH is 2. The number of fused-ring (bicyclic) bond motifs is 1. The van der Waals surface area contributed by atoms with Crippen LogP contribution in [0.4, 0.5) is 5.69 Å². The molecule has 0 unspecified atom stereocenters. The van der Waals surface area contributed by atoms with Gasteiger partial charge in [-0.25, -0.2) is 0 Å². The van der Waals surface area contributed by atoms with E-state index < -0.39 is 0 Å². The Morgan fingerprint density at radius 1 is 1.21 bits per heavy atom. The van der Waals surface area contributed by atoms with E-state index in [-0.39, 0.29) is 19.3 Å². The number of anilines is 1. The van der Waals surface area contributed by atoms with Gasteiger partial charge in [0.1, 0.15) is 0 Å². The molecular weight excluding hydrogens is 240 g/mol. The minimum Gasteiger partial charge on any atom is -0.395 e. The van der Waals surface area contributed by atoms with Crippen LogP contribution in [0.25, 0.3) is 10.9 Å². The molecule has 1 aromatic carbocycles. The molecule has 0 bridgehead atoms. The number of hydrogen-bond acceptors (Lipinski definition) is 4. The highest BCUT2D eigenvalue weighted by molar-refractivity contribution is 5.92. The molecule has 0 saturated carbocycles. The summed E-state index contributed by atoms with van der Waals surface area (Å²) in [5.41, 5.74) is 2.53. The molecule has 0 spiro atoms. The van der Waals surface area contributed by atoms with Crippen molar-refractivity contribution >= 4 is 16.6 Å². The van der Waals surface area contributed by atoms with Crippen LogP contribution >= 0.6 is 0 Å². The van der Waals surface area contributed by atoms with Crippen molar-refractivity contribution in [3.8, 4) is 0 Å². The maximum absolute atomic E-state index is 9.34. The molecule has 1 heterocycles. The summed E-state index contributed by atoms with van der Waals surface area (Å²) in [5, 5.41) is 19.6. The molecule has 2 aromatic rings. The molecular formula is C15H20N2O2. The lowest BCUT2D eigenvalue weighted by molar-refractivity contribution is 0.277. The zero-order valence-electron chi connectivity index (χ0n) is 11.4. The molecule has 0 radical (unpaired) electrons. The van der Waals surface area contributed by atoms with Gasteiger partial charge in [0.05, 0.1) is 24.4 Å². The van der Waals surface area contributed by atoms with Crippen molar-refractivity contribution in [3.63, 3.8) is 0 Å². The van der Waals surface area contributed by atoms with Gasteiger partial charge in [0.25, 0.3) is 0 Å². The number of para-hydroxylation sites is 1. The van der Waals surface area contributed by atoms with Crippen molar-refractivity contribution in [2.75, 3.05) is 18.1 Å². The number of hydrogen-bond donors (Lipinski definition) is 2. The van der Waals surface area contributed by atoms with Crippen LogP contribution in [0.5, 0.6) is 0 Å². The minimum atomic E-state index is -0.0805. The number of benzene rings is 1. The van der Waals surface area contributed by atoms with E-state index in [1.165, 1.54) is 0 Å². The van der Waals surface area contributed by atoms with Gasteiger partial charge in [-0.3, -0.25) is 4.98 Å². The van der Waals surface area contributed by atoms with E-state index in [4.69, 9.17) is 0 Å². The summed E-state index contributed by atoms with van der Waals surface area (Å²) in [6.45, 7) is 4.76. The molecule has 4 heteroatoms. The van der Waals surface area contributed by atoms with Gasteiger partial charge in [0, 0.05) is 23.7 Å². The van der Waals surface area contributed by atoms with Crippen LogP contribution in [-0.4, -0.2) is 34.4 Å². The molecule has 1 aromatic heterocycles. The molecule has 4 nitrogen and oxygen atoms in total. The lowest BCUT2D eigenvalue weighted by Crippen LogP contribution is -2.33. The first-order valence-electron chi connectivity index (χ1n) is 6.54. The predicted molar refractivity (Wildman–Crippen MR) is 77.2 cm³/mol. The summed E-state index contributed by atoms with van der Waals surface area (Å²) >= 11 is 0. The highest BCUT2D eigenvalue weighted by Crippen LogP contribution is 2.28. The van der Waals surface area contributed by atoms with E-state index in [2.05, 4.69) is 23.7 Å². The molecule has 102 valence electrons. The van der Waals surface area contributed by atoms with E-state index in [1.54, 1.807) is 0 Å². The first-order valence-corrected chi connectivity index (χ1v) is 6.54. The summed E-state index contributed by atoms with van der Waals surface area (Å²) in [7, 11) is 0. The number of nitrogens with zero attached hydrogens (tertiary/aromatic N) is 2. The van der Waals surface area contributed by atoms with Crippen LogP contribution in [0, 0.1) is 0 Å². The maximum atomic E-state index is 9.34. The quantitative estimate of drug-likeness (QED) is 0.862. The Labute approximate surface area is 113 Å². The van der Waals surface area contributed by atoms with Gasteiger partial charge in [-0.15, -0.1) is 0 Å². The standard InChI is InChI=1S/C15H20N2O2/c1-11(2)17(7-8-18)15-9-12(10-19)16-14-6-4-3-5-13(14)15/h3-6,9,11,18-19H,7-8,10H2,1-2H3. The average Bonchev–Trinajstić information content (AvgIpc) is 2.43. The predicted octanol–water partition coefficient (Wildman–Crippen LogP) is 1.93. The monoisotopic (exact) mass is 260 g/mol. The topological polar surface area (TPSA) is 56.6 Å². The van der Waals surface area contributed by atoms with Crippen LogP contribution in [0.3, 0.4) is 0 Å². The Balaban J connectivity index is 2.61. The molecule has 0 saturated heterocycles. The third-order valence-electron chi connectivity index (χ3n) is 3.18. The van der Waals surface area contributed by atoms with E-state index >= 15 is 0 Å². The van der Waals surface area contributed by atoms with Crippen LogP contribution < -0.4 is 4.90 Å². The highest BCUT2D eigenvalue weighted by Gasteiger charge is 2.14. The van der Waals surface area contributed by atoms with E-state index in [0.29, 0.717) is 12.2 Å². The maximum Gasteiger partial charge on any atom is 0.0854 e.